The van der Waals surface area contributed by atoms with Gasteiger partial charge in [0.15, 0.2) is 13.0 Å². The standard InChI is InChI=1S/C9H11N5/c1-2-4-9(5-3-1)6-12-14-8-11-10-7-13-14/h1-5,7,12H,6,8H2. The number of hydrazone groups is 1. The zero-order chi connectivity index (χ0) is 9.64. The van der Waals surface area contributed by atoms with Crippen molar-refractivity contribution >= 4 is 6.34 Å². The number of nitrogens with zero attached hydrogens (tertiary/aromatic N) is 4. The maximum atomic E-state index is 3.98. The lowest BCUT2D eigenvalue weighted by molar-refractivity contribution is 0.191. The van der Waals surface area contributed by atoms with E-state index >= 15 is 0 Å². The van der Waals surface area contributed by atoms with Crippen molar-refractivity contribution in [1.82, 2.24) is 10.5 Å². The van der Waals surface area contributed by atoms with Crippen LogP contribution in [0.5, 0.6) is 0 Å². The van der Waals surface area contributed by atoms with E-state index in [0.29, 0.717) is 6.67 Å². The maximum Gasteiger partial charge on any atom is 0.164 e. The summed E-state index contributed by atoms with van der Waals surface area (Å²) in [6, 6.07) is 10.1. The average Bonchev–Trinajstić information content (AvgIpc) is 2.29. The molecule has 0 amide bonds. The van der Waals surface area contributed by atoms with Gasteiger partial charge in [0.05, 0.1) is 0 Å². The molecule has 0 bridgehead atoms. The smallest absolute Gasteiger partial charge is 0.164 e. The number of hydrogen-bond donors (Lipinski definition) is 1. The molecule has 0 spiro atoms. The van der Waals surface area contributed by atoms with Crippen LogP contribution in [0.4, 0.5) is 0 Å². The van der Waals surface area contributed by atoms with Gasteiger partial charge in [0, 0.05) is 6.54 Å². The summed E-state index contributed by atoms with van der Waals surface area (Å²) < 4.78 is 0. The van der Waals surface area contributed by atoms with Crippen LogP contribution in [0, 0.1) is 0 Å². The van der Waals surface area contributed by atoms with E-state index in [1.807, 2.05) is 18.2 Å². The van der Waals surface area contributed by atoms with E-state index in [1.54, 1.807) is 5.12 Å². The first-order chi connectivity index (χ1) is 6.95. The van der Waals surface area contributed by atoms with Gasteiger partial charge < -0.3 is 0 Å². The molecule has 2 rings (SSSR count). The lowest BCUT2D eigenvalue weighted by Gasteiger charge is -2.18. The second-order valence-electron chi connectivity index (χ2n) is 2.85. The minimum absolute atomic E-state index is 0.462. The maximum absolute atomic E-state index is 3.98. The molecule has 1 heterocycles. The summed E-state index contributed by atoms with van der Waals surface area (Å²) in [5.41, 5.74) is 4.33. The lowest BCUT2D eigenvalue weighted by Crippen LogP contribution is -2.34. The van der Waals surface area contributed by atoms with Gasteiger partial charge in [-0.2, -0.15) is 5.11 Å². The Hall–Kier alpha value is -1.75. The first-order valence-corrected chi connectivity index (χ1v) is 4.39. The van der Waals surface area contributed by atoms with Gasteiger partial charge in [-0.3, -0.25) is 0 Å². The molecule has 0 fully saturated rings. The molecule has 0 unspecified atom stereocenters. The lowest BCUT2D eigenvalue weighted by atomic mass is 10.2. The van der Waals surface area contributed by atoms with E-state index in [4.69, 9.17) is 0 Å². The second-order valence-corrected chi connectivity index (χ2v) is 2.85. The first kappa shape index (κ1) is 8.83. The van der Waals surface area contributed by atoms with Gasteiger partial charge >= 0.3 is 0 Å². The molecule has 1 aromatic carbocycles. The minimum atomic E-state index is 0.462. The number of rotatable bonds is 3. The zero-order valence-corrected chi connectivity index (χ0v) is 7.67. The molecule has 1 aliphatic heterocycles. The van der Waals surface area contributed by atoms with Crippen molar-refractivity contribution < 1.29 is 0 Å². The average molecular weight is 189 g/mol. The van der Waals surface area contributed by atoms with E-state index in [2.05, 4.69) is 32.9 Å². The van der Waals surface area contributed by atoms with Gasteiger partial charge in [-0.1, -0.05) is 30.3 Å². The molecule has 0 aliphatic carbocycles. The third kappa shape index (κ3) is 2.37. The van der Waals surface area contributed by atoms with Gasteiger partial charge in [0.25, 0.3) is 0 Å². The first-order valence-electron chi connectivity index (χ1n) is 4.39. The Morgan fingerprint density at radius 2 is 2.14 bits per heavy atom. The Morgan fingerprint density at radius 1 is 1.29 bits per heavy atom. The van der Waals surface area contributed by atoms with Crippen molar-refractivity contribution in [2.75, 3.05) is 6.67 Å². The van der Waals surface area contributed by atoms with Crippen molar-refractivity contribution in [3.8, 4) is 0 Å². The Labute approximate surface area is 82.1 Å². The summed E-state index contributed by atoms with van der Waals surface area (Å²) in [6.07, 6.45) is 1.42. The molecule has 0 atom stereocenters. The fourth-order valence-corrected chi connectivity index (χ4v) is 1.12. The Bertz CT molecular complexity index is 332. The van der Waals surface area contributed by atoms with Crippen LogP contribution in [-0.2, 0) is 6.54 Å². The monoisotopic (exact) mass is 189 g/mol. The van der Waals surface area contributed by atoms with E-state index in [1.165, 1.54) is 11.9 Å². The van der Waals surface area contributed by atoms with Crippen molar-refractivity contribution in [3.05, 3.63) is 35.9 Å². The predicted molar refractivity (Wildman–Crippen MR) is 53.3 cm³/mol. The van der Waals surface area contributed by atoms with Crippen LogP contribution in [0.1, 0.15) is 5.56 Å². The van der Waals surface area contributed by atoms with E-state index in [0.717, 1.165) is 6.54 Å². The number of azo groups is 1. The molecule has 1 aromatic rings. The molecule has 14 heavy (non-hydrogen) atoms. The number of hydrogen-bond acceptors (Lipinski definition) is 5. The molecule has 5 heteroatoms. The highest BCUT2D eigenvalue weighted by atomic mass is 15.7. The quantitative estimate of drug-likeness (QED) is 0.780. The highest BCUT2D eigenvalue weighted by molar-refractivity contribution is 5.54. The van der Waals surface area contributed by atoms with E-state index in [9.17, 15) is 0 Å². The van der Waals surface area contributed by atoms with E-state index < -0.39 is 0 Å². The van der Waals surface area contributed by atoms with Gasteiger partial charge in [0.1, 0.15) is 0 Å². The predicted octanol–water partition coefficient (Wildman–Crippen LogP) is 1.36. The summed E-state index contributed by atoms with van der Waals surface area (Å²) in [6.45, 7) is 1.21. The second kappa shape index (κ2) is 4.48. The Balaban J connectivity index is 1.83. The summed E-state index contributed by atoms with van der Waals surface area (Å²) >= 11 is 0. The van der Waals surface area contributed by atoms with Crippen molar-refractivity contribution in [2.24, 2.45) is 15.3 Å². The summed E-state index contributed by atoms with van der Waals surface area (Å²) in [7, 11) is 0. The van der Waals surface area contributed by atoms with Crippen LogP contribution >= 0.6 is 0 Å². The topological polar surface area (TPSA) is 52.3 Å². The molecule has 72 valence electrons. The fourth-order valence-electron chi connectivity index (χ4n) is 1.12. The van der Waals surface area contributed by atoms with Crippen LogP contribution in [0.25, 0.3) is 0 Å². The molecule has 1 aliphatic rings. The minimum Gasteiger partial charge on any atom is -0.212 e. The van der Waals surface area contributed by atoms with Crippen molar-refractivity contribution in [3.63, 3.8) is 0 Å². The SMILES string of the molecule is C1=NN(NCc2ccccc2)CN=N1. The largest absolute Gasteiger partial charge is 0.212 e. The number of benzene rings is 1. The highest BCUT2D eigenvalue weighted by Gasteiger charge is 2.00. The fraction of sp³-hybridized carbons (Fsp3) is 0.222. The Morgan fingerprint density at radius 3 is 2.86 bits per heavy atom. The summed E-state index contributed by atoms with van der Waals surface area (Å²) in [5, 5.41) is 13.1. The van der Waals surface area contributed by atoms with Crippen molar-refractivity contribution in [2.45, 2.75) is 6.54 Å². The number of hydrazine groups is 1. The summed E-state index contributed by atoms with van der Waals surface area (Å²) in [5.74, 6) is 0. The molecule has 0 saturated heterocycles. The molecule has 0 aromatic heterocycles. The van der Waals surface area contributed by atoms with Crippen LogP contribution in [-0.4, -0.2) is 18.1 Å². The highest BCUT2D eigenvalue weighted by Crippen LogP contribution is 1.99. The summed E-state index contributed by atoms with van der Waals surface area (Å²) in [4.78, 5) is 0. The van der Waals surface area contributed by atoms with Crippen molar-refractivity contribution in [1.29, 1.82) is 0 Å². The van der Waals surface area contributed by atoms with Crippen LogP contribution in [0.2, 0.25) is 0 Å². The van der Waals surface area contributed by atoms with Gasteiger partial charge in [0.2, 0.25) is 0 Å². The number of nitrogens with one attached hydrogen (secondary N) is 1. The zero-order valence-electron chi connectivity index (χ0n) is 7.67. The third-order valence-electron chi connectivity index (χ3n) is 1.83. The molecular formula is C9H11N5. The van der Waals surface area contributed by atoms with Crippen LogP contribution in [0.3, 0.4) is 0 Å². The third-order valence-corrected chi connectivity index (χ3v) is 1.83. The Kier molecular flexibility index (Phi) is 2.82. The molecule has 1 N–H and O–H groups in total. The van der Waals surface area contributed by atoms with Gasteiger partial charge in [-0.15, -0.1) is 10.2 Å². The van der Waals surface area contributed by atoms with Crippen LogP contribution < -0.4 is 5.43 Å². The van der Waals surface area contributed by atoms with Crippen LogP contribution in [0.15, 0.2) is 45.7 Å². The van der Waals surface area contributed by atoms with Gasteiger partial charge in [-0.25, -0.2) is 10.5 Å². The molecule has 0 saturated carbocycles. The van der Waals surface area contributed by atoms with E-state index in [-0.39, 0.29) is 0 Å². The molecular weight excluding hydrogens is 178 g/mol. The van der Waals surface area contributed by atoms with Gasteiger partial charge in [-0.05, 0) is 5.56 Å². The molecule has 5 nitrogen and oxygen atoms in total. The molecule has 0 radical (unpaired) electrons. The normalized spacial score (nSPS) is 14.7.